The van der Waals surface area contributed by atoms with Crippen molar-refractivity contribution in [1.82, 2.24) is 10.2 Å². The molecular formula is C26H30N2O5. The van der Waals surface area contributed by atoms with Crippen LogP contribution in [0.15, 0.2) is 48.5 Å². The van der Waals surface area contributed by atoms with E-state index in [1.165, 1.54) is 25.8 Å². The highest BCUT2D eigenvalue weighted by atomic mass is 16.5. The molecule has 2 N–H and O–H groups in total. The number of ether oxygens (including phenoxy) is 1. The van der Waals surface area contributed by atoms with E-state index in [1.807, 2.05) is 36.4 Å². The van der Waals surface area contributed by atoms with Gasteiger partial charge in [0.05, 0.1) is 0 Å². The first kappa shape index (κ1) is 22.8. The number of hydrogen-bond acceptors (Lipinski definition) is 4. The number of fused-ring (bicyclic) bond motifs is 3. The molecule has 0 bridgehead atoms. The molecule has 1 fully saturated rings. The number of amides is 2. The summed E-state index contributed by atoms with van der Waals surface area (Å²) < 4.78 is 5.65. The fourth-order valence-corrected chi connectivity index (χ4v) is 4.92. The van der Waals surface area contributed by atoms with E-state index in [0.29, 0.717) is 12.8 Å². The van der Waals surface area contributed by atoms with Gasteiger partial charge >= 0.3 is 12.1 Å². The zero-order chi connectivity index (χ0) is 23.8. The largest absolute Gasteiger partial charge is 0.480 e. The van der Waals surface area contributed by atoms with Crippen molar-refractivity contribution in [2.75, 3.05) is 13.7 Å². The van der Waals surface area contributed by atoms with E-state index in [4.69, 9.17) is 4.74 Å². The van der Waals surface area contributed by atoms with Gasteiger partial charge in [-0.3, -0.25) is 4.79 Å². The molecule has 2 aromatic carbocycles. The van der Waals surface area contributed by atoms with E-state index < -0.39 is 29.0 Å². The highest BCUT2D eigenvalue weighted by molar-refractivity contribution is 5.94. The summed E-state index contributed by atoms with van der Waals surface area (Å²) in [6.07, 6.45) is 1.80. The van der Waals surface area contributed by atoms with Gasteiger partial charge in [-0.1, -0.05) is 61.4 Å². The number of alkyl carbamates (subject to hydrolysis) is 1. The molecule has 2 amide bonds. The molecule has 0 spiro atoms. The summed E-state index contributed by atoms with van der Waals surface area (Å²) in [5.41, 5.74) is 1.96. The van der Waals surface area contributed by atoms with E-state index >= 15 is 0 Å². The molecule has 33 heavy (non-hydrogen) atoms. The first-order valence-corrected chi connectivity index (χ1v) is 11.3. The summed E-state index contributed by atoms with van der Waals surface area (Å²) in [5, 5.41) is 12.3. The minimum Gasteiger partial charge on any atom is -0.480 e. The molecule has 4 rings (SSSR count). The fourth-order valence-electron chi connectivity index (χ4n) is 4.92. The zero-order valence-corrected chi connectivity index (χ0v) is 19.3. The minimum atomic E-state index is -1.39. The second kappa shape index (κ2) is 8.54. The van der Waals surface area contributed by atoms with Gasteiger partial charge in [-0.25, -0.2) is 9.59 Å². The number of nitrogens with zero attached hydrogens (tertiary/aromatic N) is 1. The molecule has 7 heteroatoms. The highest BCUT2D eigenvalue weighted by Gasteiger charge is 2.49. The Morgan fingerprint density at radius 1 is 1.03 bits per heavy atom. The third-order valence-corrected chi connectivity index (χ3v) is 7.22. The van der Waals surface area contributed by atoms with E-state index in [0.717, 1.165) is 35.1 Å². The molecule has 7 nitrogen and oxygen atoms in total. The summed E-state index contributed by atoms with van der Waals surface area (Å²) in [6.45, 7) is 3.10. The quantitative estimate of drug-likeness (QED) is 0.689. The smallest absolute Gasteiger partial charge is 0.408 e. The number of likely N-dealkylation sites (N-methyl/N-ethyl adjacent to an activating group) is 1. The predicted molar refractivity (Wildman–Crippen MR) is 124 cm³/mol. The van der Waals surface area contributed by atoms with Gasteiger partial charge in [-0.2, -0.15) is 0 Å². The van der Waals surface area contributed by atoms with Crippen molar-refractivity contribution < 1.29 is 24.2 Å². The van der Waals surface area contributed by atoms with Crippen molar-refractivity contribution >= 4 is 18.0 Å². The lowest BCUT2D eigenvalue weighted by atomic mass is 9.92. The van der Waals surface area contributed by atoms with Crippen LogP contribution in [-0.4, -0.2) is 52.7 Å². The van der Waals surface area contributed by atoms with Gasteiger partial charge in [0.2, 0.25) is 5.91 Å². The molecule has 2 aromatic rings. The van der Waals surface area contributed by atoms with Crippen LogP contribution >= 0.6 is 0 Å². The number of carbonyl (C=O) groups is 3. The van der Waals surface area contributed by atoms with Crippen molar-refractivity contribution in [1.29, 1.82) is 0 Å². The van der Waals surface area contributed by atoms with Crippen LogP contribution < -0.4 is 5.32 Å². The van der Waals surface area contributed by atoms with Gasteiger partial charge < -0.3 is 20.1 Å². The van der Waals surface area contributed by atoms with Crippen LogP contribution in [0.4, 0.5) is 4.79 Å². The Hall–Kier alpha value is -3.35. The van der Waals surface area contributed by atoms with Crippen molar-refractivity contribution in [3.8, 4) is 11.1 Å². The first-order chi connectivity index (χ1) is 15.7. The molecule has 0 saturated heterocycles. The van der Waals surface area contributed by atoms with Crippen LogP contribution in [0.2, 0.25) is 0 Å². The molecule has 174 valence electrons. The van der Waals surface area contributed by atoms with Crippen LogP contribution in [-0.2, 0) is 14.3 Å². The molecule has 2 aliphatic carbocycles. The molecule has 0 atom stereocenters. The number of carboxylic acid groups (broad SMARTS) is 1. The van der Waals surface area contributed by atoms with Crippen LogP contribution in [0.25, 0.3) is 11.1 Å². The molecular weight excluding hydrogens is 420 g/mol. The summed E-state index contributed by atoms with van der Waals surface area (Å²) in [4.78, 5) is 39.1. The number of nitrogens with one attached hydrogen (secondary N) is 1. The number of rotatable bonds is 6. The molecule has 0 aromatic heterocycles. The monoisotopic (exact) mass is 450 g/mol. The highest BCUT2D eigenvalue weighted by Crippen LogP contribution is 2.44. The predicted octanol–water partition coefficient (Wildman–Crippen LogP) is 4.16. The van der Waals surface area contributed by atoms with Gasteiger partial charge in [0.25, 0.3) is 0 Å². The Morgan fingerprint density at radius 2 is 1.55 bits per heavy atom. The third-order valence-electron chi connectivity index (χ3n) is 7.22. The van der Waals surface area contributed by atoms with E-state index in [2.05, 4.69) is 17.4 Å². The van der Waals surface area contributed by atoms with E-state index in [-0.39, 0.29) is 12.5 Å². The molecule has 0 aliphatic heterocycles. The summed E-state index contributed by atoms with van der Waals surface area (Å²) in [6, 6.07) is 16.2. The Morgan fingerprint density at radius 3 is 2.06 bits per heavy atom. The van der Waals surface area contributed by atoms with Crippen molar-refractivity contribution in [2.45, 2.75) is 56.5 Å². The number of aliphatic carboxylic acids is 1. The van der Waals surface area contributed by atoms with Gasteiger partial charge in [-0.05, 0) is 48.9 Å². The van der Waals surface area contributed by atoms with Crippen LogP contribution in [0, 0.1) is 0 Å². The molecule has 0 unspecified atom stereocenters. The average molecular weight is 451 g/mol. The topological polar surface area (TPSA) is 95.9 Å². The number of benzene rings is 2. The average Bonchev–Trinajstić information content (AvgIpc) is 3.40. The Labute approximate surface area is 193 Å². The summed E-state index contributed by atoms with van der Waals surface area (Å²) in [7, 11) is 1.47. The lowest BCUT2D eigenvalue weighted by molar-refractivity contribution is -0.158. The molecule has 1 saturated carbocycles. The molecule has 0 heterocycles. The first-order valence-electron chi connectivity index (χ1n) is 11.3. The van der Waals surface area contributed by atoms with Gasteiger partial charge in [0.15, 0.2) is 0 Å². The summed E-state index contributed by atoms with van der Waals surface area (Å²) in [5.74, 6) is -1.58. The van der Waals surface area contributed by atoms with Gasteiger partial charge in [0.1, 0.15) is 17.7 Å². The standard InChI is InChI=1S/C26H30N2O5/c1-25(2,23(30)31)28(3)22(29)26(14-8-9-15-26)27-24(32)33-16-21-19-12-6-4-10-17(19)18-11-5-7-13-20(18)21/h4-7,10-13,21H,8-9,14-16H2,1-3H3,(H,27,32)(H,30,31). The maximum absolute atomic E-state index is 13.3. The second-order valence-corrected chi connectivity index (χ2v) is 9.47. The lowest BCUT2D eigenvalue weighted by Gasteiger charge is -2.39. The van der Waals surface area contributed by atoms with Crippen LogP contribution in [0.3, 0.4) is 0 Å². The molecule has 2 aliphatic rings. The van der Waals surface area contributed by atoms with Crippen molar-refractivity contribution in [2.24, 2.45) is 0 Å². The second-order valence-electron chi connectivity index (χ2n) is 9.47. The molecule has 0 radical (unpaired) electrons. The van der Waals surface area contributed by atoms with Gasteiger partial charge in [0, 0.05) is 13.0 Å². The van der Waals surface area contributed by atoms with Gasteiger partial charge in [-0.15, -0.1) is 0 Å². The minimum absolute atomic E-state index is 0.0769. The zero-order valence-electron chi connectivity index (χ0n) is 19.3. The maximum Gasteiger partial charge on any atom is 0.408 e. The Balaban J connectivity index is 1.49. The normalized spacial score (nSPS) is 16.6. The van der Waals surface area contributed by atoms with Crippen molar-refractivity contribution in [3.05, 3.63) is 59.7 Å². The fraction of sp³-hybridized carbons (Fsp3) is 0.423. The number of hydrogen-bond donors (Lipinski definition) is 2. The Bertz CT molecular complexity index is 1040. The third kappa shape index (κ3) is 3.96. The maximum atomic E-state index is 13.3. The van der Waals surface area contributed by atoms with Crippen LogP contribution in [0.5, 0.6) is 0 Å². The van der Waals surface area contributed by atoms with Crippen LogP contribution in [0.1, 0.15) is 56.6 Å². The lowest BCUT2D eigenvalue weighted by Crippen LogP contribution is -2.63. The van der Waals surface area contributed by atoms with Crippen molar-refractivity contribution in [3.63, 3.8) is 0 Å². The van der Waals surface area contributed by atoms with E-state index in [1.54, 1.807) is 0 Å². The summed E-state index contributed by atoms with van der Waals surface area (Å²) >= 11 is 0. The van der Waals surface area contributed by atoms with E-state index in [9.17, 15) is 19.5 Å². The number of carbonyl (C=O) groups excluding carboxylic acids is 2. The SMILES string of the molecule is CN(C(=O)C1(NC(=O)OCC2c3ccccc3-c3ccccc32)CCCC1)C(C)(C)C(=O)O. The Kier molecular flexibility index (Phi) is 5.91. The number of carboxylic acids is 1.